The number of hydrogen-bond donors (Lipinski definition) is 0. The fraction of sp³-hybridized carbons (Fsp3) is 0. The Morgan fingerprint density at radius 2 is 0.247 bits per heavy atom. The molecule has 15 heterocycles. The van der Waals surface area contributed by atoms with Gasteiger partial charge in [0.15, 0.2) is 0 Å². The number of aromatic nitrogens is 24. The van der Waals surface area contributed by atoms with Gasteiger partial charge in [-0.3, -0.25) is 0 Å². The molecule has 0 N–H and O–H groups in total. The molecule has 0 radical (unpaired) electrons. The molecule has 21 aromatic rings. The summed E-state index contributed by atoms with van der Waals surface area (Å²) < 4.78 is 24.8. The molecule has 12 aromatic carbocycles. The Morgan fingerprint density at radius 1 is 0.133 bits per heavy atom. The Morgan fingerprint density at radius 3 is 0.400 bits per heavy atom. The first-order valence-electron chi connectivity index (χ1n) is 41.8. The summed E-state index contributed by atoms with van der Waals surface area (Å²) in [6.07, 6.45) is 0. The third kappa shape index (κ3) is 18.3. The number of fused-ring (bicyclic) bond motifs is 60. The Kier molecular flexibility index (Phi) is 29.4. The standard InChI is InChI=1S/3C32H8Cl8N8.3O.3Ti/c33-17-1-9-10(2-18(17)34)26-41-25(9)45-27-11-3-19(35)20(36)4-12(11)29(42-27)47-31-15-7-23(39)24(40)8-16(15)32(44-31)48-30-14-6-22(38)21(37)5-13(14)28(43-30)46-26;33-13-1-2-14(34)22-21(13)29-43-25-9-5-17(37)18(38)6-10(9)27(41-25)45-31-23-15(35)3-4-16(36)24(23)32(48-31)46-28-12-8-20(40)19(39)7-11(12)26(42-28)44-30(22)47-29;33-9-1-2-10(34)18-17(9)25-41-26(18)46-28-21-13(37)5-6-14(38)22(21)30(43-28)48-32-24-16(40)8-7-15(39)23(24)31(44-32)47-29-20-12(36)4-3-11(35)19(20)27(42-29)45-25;;;;;;/h3*1-8H;;;;;;/q3*-2;;;;3*+2. The van der Waals surface area contributed by atoms with Crippen LogP contribution in [0.1, 0.15) is 0 Å². The third-order valence-electron chi connectivity index (χ3n) is 23.6. The van der Waals surface area contributed by atoms with Gasteiger partial charge in [-0.05, 0) is 189 Å². The van der Waals surface area contributed by atoms with Crippen LogP contribution in [0.2, 0.25) is 121 Å². The van der Waals surface area contributed by atoms with Gasteiger partial charge in [-0.25, -0.2) is 29.9 Å². The first-order chi connectivity index (χ1) is 72.1. The second-order valence-electron chi connectivity index (χ2n) is 32.0. The average molecular weight is 2560 g/mol. The van der Waals surface area contributed by atoms with E-state index in [-0.39, 0.29) is 138 Å². The molecule has 54 heteroatoms. The SMILES string of the molecule is Clc1cc2c(cc1Cl)-c1nc-2nc2[n-]c(nc3nc(nc4[n-]c(n1)c1cc(Cl)c(Cl)cc41)-c1cc(Cl)c(Cl)cc1-3)c1cc(Cl)c(Cl)cc21.Clc1cc2c3nc4nc(nc5[n-]c(nc6nc(nc([n-]3)c2cc1Cl)-c1c(Cl)ccc(Cl)c1-6)c1cc(Cl)c(Cl)cc51)-c1c(Cl)ccc(Cl)c1-4.Clc1ccc(Cl)c2c1-c1nc-2nc2[n-]c(nc3nc(nc4[n-]c(n1)c1c(Cl)ccc(Cl)c41)-c1c(Cl)ccc(Cl)c1-3)c1c(Cl)ccc(Cl)c21.[O]=[Ti+2].[O]=[Ti+2].[O]=[Ti+2]. The normalized spacial score (nSPS) is 11.8. The molecule has 0 unspecified atom stereocenters. The van der Waals surface area contributed by atoms with Crippen molar-refractivity contribution >= 4 is 411 Å². The molecule has 0 aliphatic carbocycles. The maximum absolute atomic E-state index is 8.25. The molecule has 0 atom stereocenters. The molecule has 6 aliphatic heterocycles. The molecule has 0 fully saturated rings. The molecular formula is C96H24Cl24N24O3Ti3. The summed E-state index contributed by atoms with van der Waals surface area (Å²) in [5.74, 6) is 2.59. The third-order valence-corrected chi connectivity index (χ3v) is 31.8. The van der Waals surface area contributed by atoms with Crippen molar-refractivity contribution < 1.29 is 71.2 Å². The quantitative estimate of drug-likeness (QED) is 0.127. The minimum absolute atomic E-state index is 0.171. The summed E-state index contributed by atoms with van der Waals surface area (Å²) in [4.78, 5) is 115. The van der Waals surface area contributed by atoms with E-state index in [2.05, 4.69) is 0 Å². The number of benzene rings is 12. The van der Waals surface area contributed by atoms with E-state index in [9.17, 15) is 0 Å². The van der Waals surface area contributed by atoms with Gasteiger partial charge in [0.2, 0.25) is 0 Å². The van der Waals surface area contributed by atoms with Crippen LogP contribution in [0.15, 0.2) is 146 Å². The van der Waals surface area contributed by atoms with Crippen LogP contribution in [-0.4, -0.2) is 89.7 Å². The van der Waals surface area contributed by atoms with Gasteiger partial charge in [0.1, 0.15) is 0 Å². The number of rotatable bonds is 0. The van der Waals surface area contributed by atoms with E-state index in [1.807, 2.05) is 0 Å². The van der Waals surface area contributed by atoms with E-state index in [0.717, 1.165) is 61.2 Å². The van der Waals surface area contributed by atoms with Gasteiger partial charge in [-0.15, -0.1) is 0 Å². The van der Waals surface area contributed by atoms with Crippen molar-refractivity contribution in [2.45, 2.75) is 0 Å². The van der Waals surface area contributed by atoms with Crippen LogP contribution >= 0.6 is 278 Å². The number of hydrogen-bond acceptors (Lipinski definition) is 21. The first-order valence-corrected chi connectivity index (χ1v) is 52.8. The zero-order valence-corrected chi connectivity index (χ0v) is 95.2. The van der Waals surface area contributed by atoms with E-state index in [0.29, 0.717) is 252 Å². The number of nitrogens with zero attached hydrogens (tertiary/aromatic N) is 24. The second-order valence-corrected chi connectivity index (χ2v) is 41.8. The summed E-state index contributed by atoms with van der Waals surface area (Å²) >= 11 is 161. The molecule has 0 amide bonds. The molecule has 0 saturated carbocycles. The molecule has 0 spiro atoms. The Hall–Kier alpha value is -8.78. The number of halogens is 24. The molecule has 150 heavy (non-hydrogen) atoms. The van der Waals surface area contributed by atoms with Gasteiger partial charge in [0, 0.05) is 176 Å². The Bertz CT molecular complexity index is 9190. The van der Waals surface area contributed by atoms with Crippen molar-refractivity contribution in [3.63, 3.8) is 0 Å². The van der Waals surface area contributed by atoms with Crippen LogP contribution in [0.4, 0.5) is 0 Å². The molecule has 9 aromatic heterocycles. The summed E-state index contributed by atoms with van der Waals surface area (Å²) in [5, 5.41) is 13.8. The van der Waals surface area contributed by atoms with Gasteiger partial charge in [0.25, 0.3) is 0 Å². The predicted octanol–water partition coefficient (Wildman–Crippen LogP) is 33.7. The fourth-order valence-electron chi connectivity index (χ4n) is 17.2. The summed E-state index contributed by atoms with van der Waals surface area (Å²) in [6.45, 7) is 0. The van der Waals surface area contributed by atoms with Crippen molar-refractivity contribution in [1.82, 2.24) is 120 Å². The molecule has 726 valence electrons. The van der Waals surface area contributed by atoms with Gasteiger partial charge in [-0.1, -0.05) is 278 Å². The summed E-state index contributed by atoms with van der Waals surface area (Å²) in [6, 6.07) is 39.7. The Balaban J connectivity index is 0.000000124. The minimum atomic E-state index is 0.171. The maximum atomic E-state index is 8.25. The first kappa shape index (κ1) is 106. The molecule has 27 rings (SSSR count). The topological polar surface area (TPSA) is 368 Å². The monoisotopic (exact) mass is 2540 g/mol. The second kappa shape index (κ2) is 41.7. The van der Waals surface area contributed by atoms with Gasteiger partial charge in [-0.2, -0.15) is 0 Å². The van der Waals surface area contributed by atoms with Gasteiger partial charge in [0.05, 0.1) is 170 Å². The van der Waals surface area contributed by atoms with E-state index in [1.165, 1.54) is 0 Å². The van der Waals surface area contributed by atoms with E-state index >= 15 is 0 Å². The predicted molar refractivity (Wildman–Crippen MR) is 584 cm³/mol. The van der Waals surface area contributed by atoms with Crippen LogP contribution in [-0.2, 0) is 71.2 Å². The molecule has 27 nitrogen and oxygen atoms in total. The fourth-order valence-corrected chi connectivity index (χ4v) is 22.1. The average Bonchev–Trinajstić information content (AvgIpc) is 1.58. The van der Waals surface area contributed by atoms with Gasteiger partial charge >= 0.3 is 71.2 Å². The van der Waals surface area contributed by atoms with Crippen LogP contribution in [0.3, 0.4) is 0 Å². The van der Waals surface area contributed by atoms with Crippen molar-refractivity contribution in [2.24, 2.45) is 0 Å². The molecule has 0 saturated heterocycles. The molecular weight excluding hydrogens is 2530 g/mol. The van der Waals surface area contributed by atoms with Crippen molar-refractivity contribution in [3.8, 4) is 137 Å². The van der Waals surface area contributed by atoms with E-state index in [1.54, 1.807) is 146 Å². The summed E-state index contributed by atoms with van der Waals surface area (Å²) in [5.41, 5.74) is 8.56. The van der Waals surface area contributed by atoms with Crippen molar-refractivity contribution in [1.29, 1.82) is 0 Å². The summed E-state index contributed by atoms with van der Waals surface area (Å²) in [7, 11) is 0. The van der Waals surface area contributed by atoms with Crippen LogP contribution in [0, 0.1) is 0 Å². The molecule has 24 bridgehead atoms. The van der Waals surface area contributed by atoms with Gasteiger partial charge < -0.3 is 89.7 Å². The van der Waals surface area contributed by atoms with Crippen LogP contribution < -0.4 is 29.9 Å². The van der Waals surface area contributed by atoms with Crippen LogP contribution in [0.25, 0.3) is 269 Å². The van der Waals surface area contributed by atoms with Crippen molar-refractivity contribution in [3.05, 3.63) is 266 Å². The van der Waals surface area contributed by atoms with Crippen LogP contribution in [0.5, 0.6) is 0 Å². The van der Waals surface area contributed by atoms with E-state index in [4.69, 9.17) is 408 Å². The van der Waals surface area contributed by atoms with E-state index < -0.39 is 0 Å². The molecule has 6 aliphatic rings. The van der Waals surface area contributed by atoms with Crippen molar-refractivity contribution in [2.75, 3.05) is 0 Å². The zero-order valence-electron chi connectivity index (χ0n) is 72.4. The zero-order chi connectivity index (χ0) is 106. The Labute approximate surface area is 992 Å².